The van der Waals surface area contributed by atoms with Gasteiger partial charge in [-0.3, -0.25) is 19.7 Å². The van der Waals surface area contributed by atoms with Crippen molar-refractivity contribution < 1.29 is 19.0 Å². The predicted molar refractivity (Wildman–Crippen MR) is 123 cm³/mol. The highest BCUT2D eigenvalue weighted by Crippen LogP contribution is 2.44. The standard InChI is InChI=1S/C23H26N6O4/c1-31-20-17(33-14-11-28-9-12-32-13-10-28)5-4-16-18(20)27-23(29-8-7-26-22(16)29)19-15(21(24)30)3-2-6-25-19/h2-6H,7-14H2,1H3,(H2,24,30). The van der Waals surface area contributed by atoms with Crippen LogP contribution in [0.15, 0.2) is 40.4 Å². The maximum absolute atomic E-state index is 12.1. The fraction of sp³-hybridized carbons (Fsp3) is 0.391. The Kier molecular flexibility index (Phi) is 5.93. The van der Waals surface area contributed by atoms with Gasteiger partial charge in [-0.25, -0.2) is 4.99 Å². The number of primary amides is 1. The maximum Gasteiger partial charge on any atom is 0.251 e. The molecule has 1 aromatic carbocycles. The van der Waals surface area contributed by atoms with Crippen LogP contribution >= 0.6 is 0 Å². The van der Waals surface area contributed by atoms with E-state index in [4.69, 9.17) is 24.9 Å². The van der Waals surface area contributed by atoms with Crippen LogP contribution < -0.4 is 15.2 Å². The van der Waals surface area contributed by atoms with E-state index in [1.54, 1.807) is 25.4 Å². The molecule has 0 bridgehead atoms. The molecule has 1 saturated heterocycles. The maximum atomic E-state index is 12.1. The van der Waals surface area contributed by atoms with Crippen molar-refractivity contribution in [3.8, 4) is 11.5 Å². The minimum absolute atomic E-state index is 0.308. The molecule has 3 aliphatic rings. The number of aromatic nitrogens is 1. The lowest BCUT2D eigenvalue weighted by Gasteiger charge is -2.29. The molecule has 0 aliphatic carbocycles. The van der Waals surface area contributed by atoms with E-state index in [0.29, 0.717) is 54.0 Å². The number of nitrogens with zero attached hydrogens (tertiary/aromatic N) is 5. The number of amidine groups is 2. The molecular formula is C23H26N6O4. The summed E-state index contributed by atoms with van der Waals surface area (Å²) in [6.45, 7) is 5.88. The Labute approximate surface area is 191 Å². The largest absolute Gasteiger partial charge is 0.491 e. The molecule has 4 heterocycles. The molecule has 2 aromatic rings. The second kappa shape index (κ2) is 9.16. The molecule has 0 atom stereocenters. The molecule has 0 radical (unpaired) electrons. The third-order valence-corrected chi connectivity index (χ3v) is 5.91. The van der Waals surface area contributed by atoms with Crippen LogP contribution in [-0.4, -0.2) is 92.0 Å². The summed E-state index contributed by atoms with van der Waals surface area (Å²) in [7, 11) is 1.60. The number of carbonyl (C=O) groups excluding carboxylic acids is 1. The fourth-order valence-corrected chi connectivity index (χ4v) is 4.28. The van der Waals surface area contributed by atoms with Crippen molar-refractivity contribution in [2.75, 3.05) is 59.7 Å². The van der Waals surface area contributed by atoms with Crippen LogP contribution in [0.3, 0.4) is 0 Å². The lowest BCUT2D eigenvalue weighted by Crippen LogP contribution is -2.39. The molecule has 1 aromatic heterocycles. The number of hydrogen-bond acceptors (Lipinski definition) is 9. The first-order valence-electron chi connectivity index (χ1n) is 11.0. The topological polar surface area (TPSA) is 115 Å². The lowest BCUT2D eigenvalue weighted by molar-refractivity contribution is 0.0321. The van der Waals surface area contributed by atoms with Crippen LogP contribution in [0.5, 0.6) is 11.5 Å². The Balaban J connectivity index is 1.51. The number of hydrogen-bond donors (Lipinski definition) is 1. The highest BCUT2D eigenvalue weighted by molar-refractivity contribution is 6.22. The van der Waals surface area contributed by atoms with Gasteiger partial charge in [0.15, 0.2) is 17.3 Å². The Morgan fingerprint density at radius 2 is 2.03 bits per heavy atom. The molecule has 0 saturated carbocycles. The normalized spacial score (nSPS) is 17.7. The Hall–Kier alpha value is -3.50. The van der Waals surface area contributed by atoms with Gasteiger partial charge < -0.3 is 24.8 Å². The molecule has 0 spiro atoms. The predicted octanol–water partition coefficient (Wildman–Crippen LogP) is 1.05. The zero-order valence-corrected chi connectivity index (χ0v) is 18.5. The van der Waals surface area contributed by atoms with Gasteiger partial charge in [0.1, 0.15) is 23.8 Å². The second-order valence-electron chi connectivity index (χ2n) is 7.85. The van der Waals surface area contributed by atoms with Crippen molar-refractivity contribution in [1.29, 1.82) is 0 Å². The Bertz CT molecular complexity index is 1130. The van der Waals surface area contributed by atoms with Gasteiger partial charge in [-0.1, -0.05) is 0 Å². The summed E-state index contributed by atoms with van der Waals surface area (Å²) >= 11 is 0. The first kappa shape index (κ1) is 21.4. The molecule has 5 rings (SSSR count). The van der Waals surface area contributed by atoms with Crippen molar-refractivity contribution in [1.82, 2.24) is 14.8 Å². The van der Waals surface area contributed by atoms with Crippen LogP contribution in [0.2, 0.25) is 0 Å². The van der Waals surface area contributed by atoms with E-state index in [2.05, 4.69) is 14.9 Å². The number of nitrogens with two attached hydrogens (primary N) is 1. The number of amides is 1. The number of methoxy groups -OCH3 is 1. The van der Waals surface area contributed by atoms with Crippen LogP contribution in [0.1, 0.15) is 21.6 Å². The second-order valence-corrected chi connectivity index (χ2v) is 7.85. The summed E-state index contributed by atoms with van der Waals surface area (Å²) in [5.74, 6) is 1.87. The van der Waals surface area contributed by atoms with Gasteiger partial charge in [0.2, 0.25) is 0 Å². The minimum atomic E-state index is -0.559. The average Bonchev–Trinajstić information content (AvgIpc) is 3.34. The van der Waals surface area contributed by atoms with Crippen molar-refractivity contribution >= 4 is 23.3 Å². The number of morpholine rings is 1. The highest BCUT2D eigenvalue weighted by atomic mass is 16.5. The van der Waals surface area contributed by atoms with E-state index in [1.807, 2.05) is 17.0 Å². The number of rotatable bonds is 7. The van der Waals surface area contributed by atoms with Gasteiger partial charge in [-0.15, -0.1) is 0 Å². The molecule has 1 fully saturated rings. The SMILES string of the molecule is COc1c(OCCN2CCOCC2)ccc2c1N=C(c1ncccc1C(N)=O)N1CCN=C21. The van der Waals surface area contributed by atoms with E-state index in [0.717, 1.165) is 44.2 Å². The van der Waals surface area contributed by atoms with E-state index in [-0.39, 0.29) is 0 Å². The van der Waals surface area contributed by atoms with Gasteiger partial charge in [-0.05, 0) is 24.3 Å². The fourth-order valence-electron chi connectivity index (χ4n) is 4.28. The smallest absolute Gasteiger partial charge is 0.251 e. The lowest BCUT2D eigenvalue weighted by atomic mass is 10.1. The molecule has 10 heteroatoms. The van der Waals surface area contributed by atoms with Gasteiger partial charge in [-0.2, -0.15) is 0 Å². The van der Waals surface area contributed by atoms with Gasteiger partial charge in [0, 0.05) is 37.9 Å². The molecule has 33 heavy (non-hydrogen) atoms. The first-order valence-corrected chi connectivity index (χ1v) is 11.0. The van der Waals surface area contributed by atoms with E-state index in [9.17, 15) is 4.79 Å². The van der Waals surface area contributed by atoms with Crippen LogP contribution in [0.25, 0.3) is 0 Å². The summed E-state index contributed by atoms with van der Waals surface area (Å²) in [6.07, 6.45) is 1.62. The third-order valence-electron chi connectivity index (χ3n) is 5.91. The number of fused-ring (bicyclic) bond motifs is 3. The van der Waals surface area contributed by atoms with E-state index < -0.39 is 5.91 Å². The number of carbonyl (C=O) groups is 1. The monoisotopic (exact) mass is 450 g/mol. The zero-order valence-electron chi connectivity index (χ0n) is 18.5. The summed E-state index contributed by atoms with van der Waals surface area (Å²) in [6, 6.07) is 7.18. The van der Waals surface area contributed by atoms with Gasteiger partial charge in [0.05, 0.1) is 32.4 Å². The molecule has 172 valence electrons. The molecule has 3 aliphatic heterocycles. The Morgan fingerprint density at radius 3 is 2.82 bits per heavy atom. The van der Waals surface area contributed by atoms with Crippen molar-refractivity contribution in [2.45, 2.75) is 0 Å². The summed E-state index contributed by atoms with van der Waals surface area (Å²) in [5, 5.41) is 0. The average molecular weight is 450 g/mol. The minimum Gasteiger partial charge on any atom is -0.491 e. The third kappa shape index (κ3) is 4.03. The molecular weight excluding hydrogens is 424 g/mol. The van der Waals surface area contributed by atoms with E-state index in [1.165, 1.54) is 0 Å². The Morgan fingerprint density at radius 1 is 1.18 bits per heavy atom. The zero-order chi connectivity index (χ0) is 22.8. The van der Waals surface area contributed by atoms with Crippen LogP contribution in [-0.2, 0) is 4.74 Å². The number of aliphatic imine (C=N–C) groups is 2. The number of pyridine rings is 1. The van der Waals surface area contributed by atoms with Crippen molar-refractivity contribution in [3.63, 3.8) is 0 Å². The number of benzene rings is 1. The van der Waals surface area contributed by atoms with Crippen molar-refractivity contribution in [3.05, 3.63) is 47.3 Å². The summed E-state index contributed by atoms with van der Waals surface area (Å²) in [5.41, 5.74) is 7.80. The number of ether oxygens (including phenoxy) is 3. The molecule has 2 N–H and O–H groups in total. The van der Waals surface area contributed by atoms with Crippen LogP contribution in [0, 0.1) is 0 Å². The van der Waals surface area contributed by atoms with Gasteiger partial charge in [0.25, 0.3) is 5.91 Å². The molecule has 1 amide bonds. The molecule has 0 unspecified atom stereocenters. The quantitative estimate of drug-likeness (QED) is 0.671. The highest BCUT2D eigenvalue weighted by Gasteiger charge is 2.34. The summed E-state index contributed by atoms with van der Waals surface area (Å²) in [4.78, 5) is 30.3. The molecule has 10 nitrogen and oxygen atoms in total. The van der Waals surface area contributed by atoms with E-state index >= 15 is 0 Å². The van der Waals surface area contributed by atoms with Gasteiger partial charge >= 0.3 is 0 Å². The first-order chi connectivity index (χ1) is 16.2. The summed E-state index contributed by atoms with van der Waals surface area (Å²) < 4.78 is 17.2. The van der Waals surface area contributed by atoms with Crippen molar-refractivity contribution in [2.24, 2.45) is 15.7 Å². The van der Waals surface area contributed by atoms with Crippen LogP contribution in [0.4, 0.5) is 5.69 Å².